The normalized spacial score (nSPS) is 24.3. The largest absolute Gasteiger partial charge is 0.366 e. The van der Waals surface area contributed by atoms with Gasteiger partial charge in [0.25, 0.3) is 0 Å². The third-order valence-corrected chi connectivity index (χ3v) is 6.20. The first kappa shape index (κ1) is 21.2. The van der Waals surface area contributed by atoms with Gasteiger partial charge in [0.05, 0.1) is 12.2 Å². The molecule has 1 aliphatic heterocycles. The molecule has 29 heavy (non-hydrogen) atoms. The van der Waals surface area contributed by atoms with Crippen molar-refractivity contribution < 1.29 is 9.59 Å². The Morgan fingerprint density at radius 3 is 2.76 bits per heavy atom. The summed E-state index contributed by atoms with van der Waals surface area (Å²) in [6, 6.07) is 8.31. The summed E-state index contributed by atoms with van der Waals surface area (Å²) in [6.07, 6.45) is 8.19. The van der Waals surface area contributed by atoms with Crippen LogP contribution < -0.4 is 21.1 Å². The number of amides is 2. The molecule has 2 N–H and O–H groups in total. The van der Waals surface area contributed by atoms with Gasteiger partial charge in [-0.3, -0.25) is 9.59 Å². The molecular weight excluding hydrogens is 362 g/mol. The summed E-state index contributed by atoms with van der Waals surface area (Å²) in [4.78, 5) is 26.9. The van der Waals surface area contributed by atoms with E-state index >= 15 is 0 Å². The molecule has 1 saturated heterocycles. The Balaban J connectivity index is 1.66. The topological polar surface area (TPSA) is 61.4 Å². The highest BCUT2D eigenvalue weighted by atomic mass is 16.2. The van der Waals surface area contributed by atoms with E-state index in [9.17, 15) is 9.59 Å². The first-order chi connectivity index (χ1) is 13.8. The lowest BCUT2D eigenvalue weighted by atomic mass is 9.78. The maximum atomic E-state index is 13.0. The van der Waals surface area contributed by atoms with Crippen LogP contribution in [0.3, 0.4) is 0 Å². The van der Waals surface area contributed by atoms with Crippen LogP contribution in [0.25, 0.3) is 12.2 Å². The fraction of sp³-hybridized carbons (Fsp3) is 0.500. The molecule has 2 aliphatic rings. The predicted molar refractivity (Wildman–Crippen MR) is 117 cm³/mol. The third-order valence-electron chi connectivity index (χ3n) is 6.20. The van der Waals surface area contributed by atoms with E-state index in [0.717, 1.165) is 19.3 Å². The summed E-state index contributed by atoms with van der Waals surface area (Å²) in [6.45, 7) is 8.72. The average molecular weight is 396 g/mol. The highest BCUT2D eigenvalue weighted by Gasteiger charge is 2.40. The Labute approximate surface area is 173 Å². The first-order valence-electron chi connectivity index (χ1n) is 10.6. The molecule has 1 aromatic carbocycles. The highest BCUT2D eigenvalue weighted by Crippen LogP contribution is 2.30. The van der Waals surface area contributed by atoms with E-state index in [1.807, 2.05) is 24.1 Å². The smallest absolute Gasteiger partial charge is 0.227 e. The van der Waals surface area contributed by atoms with Crippen LogP contribution >= 0.6 is 0 Å². The molecule has 1 aliphatic carbocycles. The number of nitrogens with one attached hydrogen (secondary N) is 2. The zero-order chi connectivity index (χ0) is 21.0. The predicted octanol–water partition coefficient (Wildman–Crippen LogP) is 1.87. The van der Waals surface area contributed by atoms with Gasteiger partial charge in [-0.1, -0.05) is 56.3 Å². The second kappa shape index (κ2) is 8.85. The van der Waals surface area contributed by atoms with E-state index < -0.39 is 5.54 Å². The Bertz CT molecular complexity index is 889. The molecule has 0 saturated carbocycles. The van der Waals surface area contributed by atoms with E-state index in [-0.39, 0.29) is 23.7 Å². The van der Waals surface area contributed by atoms with Crippen LogP contribution in [0, 0.1) is 11.8 Å². The van der Waals surface area contributed by atoms with Gasteiger partial charge in [-0.05, 0) is 42.0 Å². The van der Waals surface area contributed by atoms with E-state index in [1.165, 1.54) is 10.4 Å². The molecule has 2 amide bonds. The molecule has 0 aromatic heterocycles. The van der Waals surface area contributed by atoms with Crippen molar-refractivity contribution in [3.63, 3.8) is 0 Å². The standard InChI is InChI=1S/C24H33N3O2/c1-5-8-21(24(3)15-22(28)25-17(2)26-24)16-27(4)23(29)14-18-11-12-19-9-6-7-10-20(19)13-18/h6-7,9-10,12-13,18,21,26H,2,5,8,11,14-16H2,1,3-4H3,(H,25,28)/t18?,21?,24-/m0/s1. The van der Waals surface area contributed by atoms with Crippen LogP contribution in [0.15, 0.2) is 36.7 Å². The number of carbonyl (C=O) groups excluding carboxylic acids is 2. The van der Waals surface area contributed by atoms with Gasteiger partial charge in [-0.25, -0.2) is 0 Å². The van der Waals surface area contributed by atoms with E-state index in [2.05, 4.69) is 55.3 Å². The summed E-state index contributed by atoms with van der Waals surface area (Å²) in [5.41, 5.74) is -0.395. The summed E-state index contributed by atoms with van der Waals surface area (Å²) < 4.78 is 0. The SMILES string of the molecule is C=C1NC(=O)C[C@@](C)(C(CCC)CN(C)C(=O)CC2C=c3ccccc3=CC2)N1. The number of nitrogens with zero attached hydrogens (tertiary/aromatic N) is 1. The van der Waals surface area contributed by atoms with Crippen molar-refractivity contribution in [2.75, 3.05) is 13.6 Å². The summed E-state index contributed by atoms with van der Waals surface area (Å²) in [7, 11) is 1.88. The number of hydrogen-bond donors (Lipinski definition) is 2. The molecule has 1 heterocycles. The fourth-order valence-electron chi connectivity index (χ4n) is 4.58. The minimum absolute atomic E-state index is 0.0164. The summed E-state index contributed by atoms with van der Waals surface area (Å²) in [5.74, 6) is 1.09. The molecule has 5 heteroatoms. The Morgan fingerprint density at radius 1 is 1.34 bits per heavy atom. The van der Waals surface area contributed by atoms with Gasteiger partial charge in [-0.15, -0.1) is 0 Å². The van der Waals surface area contributed by atoms with Crippen LogP contribution in [0.2, 0.25) is 0 Å². The number of fused-ring (bicyclic) bond motifs is 1. The maximum absolute atomic E-state index is 13.0. The van der Waals surface area contributed by atoms with Gasteiger partial charge in [0, 0.05) is 25.6 Å². The van der Waals surface area contributed by atoms with Crippen molar-refractivity contribution in [2.24, 2.45) is 11.8 Å². The first-order valence-corrected chi connectivity index (χ1v) is 10.6. The monoisotopic (exact) mass is 395 g/mol. The minimum atomic E-state index is -0.395. The Hall–Kier alpha value is -2.56. The lowest BCUT2D eigenvalue weighted by molar-refractivity contribution is -0.131. The molecule has 1 fully saturated rings. The van der Waals surface area contributed by atoms with Gasteiger partial charge in [0.2, 0.25) is 11.8 Å². The molecule has 3 rings (SSSR count). The van der Waals surface area contributed by atoms with Crippen molar-refractivity contribution in [3.05, 3.63) is 47.1 Å². The maximum Gasteiger partial charge on any atom is 0.227 e. The van der Waals surface area contributed by atoms with Crippen molar-refractivity contribution >= 4 is 24.0 Å². The van der Waals surface area contributed by atoms with Gasteiger partial charge >= 0.3 is 0 Å². The van der Waals surface area contributed by atoms with Crippen LogP contribution in [-0.4, -0.2) is 35.8 Å². The fourth-order valence-corrected chi connectivity index (χ4v) is 4.58. The molecule has 3 atom stereocenters. The number of rotatable bonds is 7. The number of hydrogen-bond acceptors (Lipinski definition) is 3. The van der Waals surface area contributed by atoms with Crippen molar-refractivity contribution in [3.8, 4) is 0 Å². The van der Waals surface area contributed by atoms with Crippen LogP contribution in [0.4, 0.5) is 0 Å². The van der Waals surface area contributed by atoms with Crippen LogP contribution in [-0.2, 0) is 9.59 Å². The summed E-state index contributed by atoms with van der Waals surface area (Å²) in [5, 5.41) is 8.57. The third kappa shape index (κ3) is 5.08. The number of benzene rings is 1. The van der Waals surface area contributed by atoms with Gasteiger partial charge in [-0.2, -0.15) is 0 Å². The molecule has 0 radical (unpaired) electrons. The Kier molecular flexibility index (Phi) is 6.46. The van der Waals surface area contributed by atoms with E-state index in [1.54, 1.807) is 0 Å². The van der Waals surface area contributed by atoms with E-state index in [4.69, 9.17) is 0 Å². The number of carbonyl (C=O) groups is 2. The highest BCUT2D eigenvalue weighted by molar-refractivity contribution is 5.80. The zero-order valence-corrected chi connectivity index (χ0v) is 17.8. The van der Waals surface area contributed by atoms with Crippen LogP contribution in [0.1, 0.15) is 46.0 Å². The van der Waals surface area contributed by atoms with Gasteiger partial charge in [0.1, 0.15) is 0 Å². The minimum Gasteiger partial charge on any atom is -0.366 e. The van der Waals surface area contributed by atoms with Gasteiger partial charge < -0.3 is 15.5 Å². The molecule has 5 nitrogen and oxygen atoms in total. The Morgan fingerprint density at radius 2 is 2.07 bits per heavy atom. The second-order valence-electron chi connectivity index (χ2n) is 8.71. The zero-order valence-electron chi connectivity index (χ0n) is 17.8. The summed E-state index contributed by atoms with van der Waals surface area (Å²) >= 11 is 0. The molecule has 1 aromatic rings. The van der Waals surface area contributed by atoms with Crippen molar-refractivity contribution in [1.82, 2.24) is 15.5 Å². The van der Waals surface area contributed by atoms with Crippen LogP contribution in [0.5, 0.6) is 0 Å². The van der Waals surface area contributed by atoms with E-state index in [0.29, 0.717) is 25.2 Å². The quantitative estimate of drug-likeness (QED) is 0.741. The van der Waals surface area contributed by atoms with Gasteiger partial charge in [0.15, 0.2) is 0 Å². The molecule has 0 bridgehead atoms. The molecule has 156 valence electrons. The lowest BCUT2D eigenvalue weighted by Crippen LogP contribution is -2.59. The average Bonchev–Trinajstić information content (AvgIpc) is 2.66. The van der Waals surface area contributed by atoms with Crippen molar-refractivity contribution in [2.45, 2.75) is 51.5 Å². The lowest BCUT2D eigenvalue weighted by Gasteiger charge is -2.44. The second-order valence-corrected chi connectivity index (χ2v) is 8.71. The molecular formula is C24H33N3O2. The van der Waals surface area contributed by atoms with Crippen molar-refractivity contribution in [1.29, 1.82) is 0 Å². The molecule has 2 unspecified atom stereocenters. The molecule has 0 spiro atoms.